The number of fused-ring (bicyclic) bond motifs is 2. The highest BCUT2D eigenvalue weighted by Crippen LogP contribution is 2.39. The molecule has 0 radical (unpaired) electrons. The number of hydrogen-bond acceptors (Lipinski definition) is 5. The standard InChI is InChI=1S/C23H24FN3O3/c1-13-16-4-2-3-5-21(16)30-22(13)23(29)26-18-8-14-11-27(12-15(14)9-20(18)28)19-6-7-25-10-17(19)24/h2-7,10,14-15,18,20,28H,8-9,11-12H2,1H3,(H,26,29)/t14-,15+,18-,20-/m0/s1. The fourth-order valence-corrected chi connectivity index (χ4v) is 5.03. The summed E-state index contributed by atoms with van der Waals surface area (Å²) in [6.45, 7) is 3.27. The summed E-state index contributed by atoms with van der Waals surface area (Å²) in [7, 11) is 0. The molecule has 1 aromatic carbocycles. The average Bonchev–Trinajstić information content (AvgIpc) is 3.29. The molecule has 0 bridgehead atoms. The molecule has 3 heterocycles. The van der Waals surface area contributed by atoms with E-state index in [9.17, 15) is 14.3 Å². The van der Waals surface area contributed by atoms with Gasteiger partial charge in [0.15, 0.2) is 11.6 Å². The number of rotatable bonds is 3. The normalized spacial score (nSPS) is 26.0. The highest BCUT2D eigenvalue weighted by Gasteiger charge is 2.43. The third-order valence-corrected chi connectivity index (χ3v) is 6.60. The molecule has 2 aliphatic rings. The average molecular weight is 409 g/mol. The molecule has 1 aliphatic carbocycles. The number of carbonyl (C=O) groups is 1. The number of halogens is 1. The van der Waals surface area contributed by atoms with E-state index in [1.807, 2.05) is 36.1 Å². The molecule has 5 rings (SSSR count). The third-order valence-electron chi connectivity index (χ3n) is 6.60. The number of benzene rings is 1. The predicted molar refractivity (Wildman–Crippen MR) is 111 cm³/mol. The Kier molecular flexibility index (Phi) is 4.70. The van der Waals surface area contributed by atoms with E-state index in [0.717, 1.165) is 10.9 Å². The van der Waals surface area contributed by atoms with Crippen molar-refractivity contribution in [2.75, 3.05) is 18.0 Å². The molecule has 7 heteroatoms. The zero-order valence-corrected chi connectivity index (χ0v) is 16.7. The molecule has 2 aromatic heterocycles. The number of carbonyl (C=O) groups excluding carboxylic acids is 1. The smallest absolute Gasteiger partial charge is 0.287 e. The van der Waals surface area contributed by atoms with Crippen LogP contribution in [-0.4, -0.2) is 41.2 Å². The first-order chi connectivity index (χ1) is 14.5. The quantitative estimate of drug-likeness (QED) is 0.694. The summed E-state index contributed by atoms with van der Waals surface area (Å²) in [6, 6.07) is 8.88. The number of nitrogens with zero attached hydrogens (tertiary/aromatic N) is 2. The van der Waals surface area contributed by atoms with E-state index in [4.69, 9.17) is 4.42 Å². The number of furan rings is 1. The summed E-state index contributed by atoms with van der Waals surface area (Å²) in [4.78, 5) is 18.7. The Morgan fingerprint density at radius 2 is 2.00 bits per heavy atom. The maximum absolute atomic E-state index is 14.1. The SMILES string of the molecule is Cc1c(C(=O)N[C@H]2C[C@H]3CN(c4ccncc4F)C[C@H]3C[C@@H]2O)oc2ccccc12. The van der Waals surface area contributed by atoms with Crippen molar-refractivity contribution in [2.24, 2.45) is 11.8 Å². The molecule has 4 atom stereocenters. The number of aromatic nitrogens is 1. The number of hydrogen-bond donors (Lipinski definition) is 2. The highest BCUT2D eigenvalue weighted by atomic mass is 19.1. The number of anilines is 1. The second-order valence-electron chi connectivity index (χ2n) is 8.42. The van der Waals surface area contributed by atoms with E-state index < -0.39 is 6.10 Å². The fourth-order valence-electron chi connectivity index (χ4n) is 5.03. The lowest BCUT2D eigenvalue weighted by molar-refractivity contribution is 0.0453. The van der Waals surface area contributed by atoms with E-state index in [1.165, 1.54) is 6.20 Å². The van der Waals surface area contributed by atoms with Crippen LogP contribution in [0.1, 0.15) is 29.0 Å². The van der Waals surface area contributed by atoms with Gasteiger partial charge >= 0.3 is 0 Å². The van der Waals surface area contributed by atoms with Crippen LogP contribution < -0.4 is 10.2 Å². The van der Waals surface area contributed by atoms with Crippen LogP contribution >= 0.6 is 0 Å². The Bertz CT molecular complexity index is 1100. The van der Waals surface area contributed by atoms with Gasteiger partial charge in [0.05, 0.1) is 24.0 Å². The van der Waals surface area contributed by atoms with Crippen molar-refractivity contribution in [3.05, 3.63) is 59.9 Å². The second-order valence-corrected chi connectivity index (χ2v) is 8.42. The van der Waals surface area contributed by atoms with Gasteiger partial charge in [0, 0.05) is 30.2 Å². The molecule has 0 unspecified atom stereocenters. The highest BCUT2D eigenvalue weighted by molar-refractivity contribution is 5.99. The van der Waals surface area contributed by atoms with Gasteiger partial charge in [0.1, 0.15) is 5.58 Å². The van der Waals surface area contributed by atoms with Crippen molar-refractivity contribution in [1.82, 2.24) is 10.3 Å². The molecule has 1 amide bonds. The van der Waals surface area contributed by atoms with Crippen LogP contribution in [0.15, 0.2) is 47.1 Å². The topological polar surface area (TPSA) is 78.6 Å². The van der Waals surface area contributed by atoms with Gasteiger partial charge in [-0.1, -0.05) is 18.2 Å². The number of aliphatic hydroxyl groups excluding tert-OH is 1. The number of amides is 1. The molecule has 0 spiro atoms. The zero-order valence-electron chi connectivity index (χ0n) is 16.7. The number of nitrogens with one attached hydrogen (secondary N) is 1. The molecule has 2 fully saturated rings. The van der Waals surface area contributed by atoms with Crippen LogP contribution in [0.5, 0.6) is 0 Å². The summed E-state index contributed by atoms with van der Waals surface area (Å²) in [5, 5.41) is 14.6. The maximum atomic E-state index is 14.1. The van der Waals surface area contributed by atoms with Crippen molar-refractivity contribution in [3.63, 3.8) is 0 Å². The van der Waals surface area contributed by atoms with Crippen LogP contribution in [0.2, 0.25) is 0 Å². The Balaban J connectivity index is 1.30. The lowest BCUT2D eigenvalue weighted by atomic mass is 9.77. The summed E-state index contributed by atoms with van der Waals surface area (Å²) in [5.41, 5.74) is 2.02. The monoisotopic (exact) mass is 409 g/mol. The molecule has 1 saturated carbocycles. The van der Waals surface area contributed by atoms with E-state index in [1.54, 1.807) is 12.3 Å². The Morgan fingerprint density at radius 3 is 2.77 bits per heavy atom. The Hall–Kier alpha value is -2.93. The third kappa shape index (κ3) is 3.23. The summed E-state index contributed by atoms with van der Waals surface area (Å²) < 4.78 is 19.9. The first kappa shape index (κ1) is 19.1. The zero-order chi connectivity index (χ0) is 20.8. The Morgan fingerprint density at radius 1 is 1.23 bits per heavy atom. The molecule has 3 aromatic rings. The van der Waals surface area contributed by atoms with Crippen LogP contribution in [-0.2, 0) is 0 Å². The predicted octanol–water partition coefficient (Wildman–Crippen LogP) is 3.28. The van der Waals surface area contributed by atoms with Crippen molar-refractivity contribution < 1.29 is 18.7 Å². The van der Waals surface area contributed by atoms with E-state index >= 15 is 0 Å². The summed E-state index contributed by atoms with van der Waals surface area (Å²) >= 11 is 0. The Labute approximate surface area is 173 Å². The molecular formula is C23H24FN3O3. The number of para-hydroxylation sites is 1. The minimum absolute atomic E-state index is 0.272. The van der Waals surface area contributed by atoms with Crippen LogP contribution in [0, 0.1) is 24.6 Å². The van der Waals surface area contributed by atoms with Gasteiger partial charge in [0.2, 0.25) is 0 Å². The lowest BCUT2D eigenvalue weighted by Crippen LogP contribution is -2.49. The van der Waals surface area contributed by atoms with Gasteiger partial charge in [0.25, 0.3) is 5.91 Å². The molecule has 6 nitrogen and oxygen atoms in total. The lowest BCUT2D eigenvalue weighted by Gasteiger charge is -2.35. The van der Waals surface area contributed by atoms with E-state index in [2.05, 4.69) is 10.3 Å². The molecule has 30 heavy (non-hydrogen) atoms. The van der Waals surface area contributed by atoms with E-state index in [-0.39, 0.29) is 35.4 Å². The van der Waals surface area contributed by atoms with Crippen LogP contribution in [0.25, 0.3) is 11.0 Å². The van der Waals surface area contributed by atoms with Gasteiger partial charge in [-0.05, 0) is 43.7 Å². The molecule has 2 N–H and O–H groups in total. The molecule has 156 valence electrons. The van der Waals surface area contributed by atoms with Gasteiger partial charge in [-0.2, -0.15) is 0 Å². The molecule has 1 aliphatic heterocycles. The number of aliphatic hydroxyl groups is 1. The minimum atomic E-state index is -0.637. The van der Waals surface area contributed by atoms with Gasteiger partial charge in [-0.15, -0.1) is 0 Å². The van der Waals surface area contributed by atoms with Crippen molar-refractivity contribution in [1.29, 1.82) is 0 Å². The summed E-state index contributed by atoms with van der Waals surface area (Å²) in [5.74, 6) is 0.206. The number of pyridine rings is 1. The second kappa shape index (κ2) is 7.40. The first-order valence-corrected chi connectivity index (χ1v) is 10.3. The van der Waals surface area contributed by atoms with E-state index in [0.29, 0.717) is 37.2 Å². The van der Waals surface area contributed by atoms with Gasteiger partial charge in [-0.3, -0.25) is 9.78 Å². The van der Waals surface area contributed by atoms with Crippen molar-refractivity contribution in [3.8, 4) is 0 Å². The van der Waals surface area contributed by atoms with Gasteiger partial charge in [-0.25, -0.2) is 4.39 Å². The molecular weight excluding hydrogens is 385 g/mol. The number of aryl methyl sites for hydroxylation is 1. The van der Waals surface area contributed by atoms with Crippen LogP contribution in [0.4, 0.5) is 10.1 Å². The maximum Gasteiger partial charge on any atom is 0.287 e. The first-order valence-electron chi connectivity index (χ1n) is 10.3. The minimum Gasteiger partial charge on any atom is -0.451 e. The van der Waals surface area contributed by atoms with Crippen molar-refractivity contribution >= 4 is 22.6 Å². The van der Waals surface area contributed by atoms with Crippen LogP contribution in [0.3, 0.4) is 0 Å². The summed E-state index contributed by atoms with van der Waals surface area (Å²) in [6.07, 6.45) is 3.42. The van der Waals surface area contributed by atoms with Crippen molar-refractivity contribution in [2.45, 2.75) is 31.9 Å². The fraction of sp³-hybridized carbons (Fsp3) is 0.391. The molecule has 1 saturated heterocycles. The van der Waals surface area contributed by atoms with Gasteiger partial charge < -0.3 is 19.7 Å². The largest absolute Gasteiger partial charge is 0.451 e.